The van der Waals surface area contributed by atoms with Crippen LogP contribution in [-0.2, 0) is 38.7 Å². The van der Waals surface area contributed by atoms with E-state index in [1.165, 1.54) is 116 Å². The fourth-order valence-corrected chi connectivity index (χ4v) is 8.49. The van der Waals surface area contributed by atoms with Crippen LogP contribution >= 0.6 is 0 Å². The molecule has 13 heteroatoms. The van der Waals surface area contributed by atoms with E-state index in [2.05, 4.69) is 62.5 Å². The third-order valence-corrected chi connectivity index (χ3v) is 12.6. The minimum absolute atomic E-state index is 0.158. The van der Waals surface area contributed by atoms with Crippen LogP contribution < -0.4 is 0 Å². The Morgan fingerprint density at radius 3 is 1.39 bits per heavy atom. The number of aliphatic hydroxyl groups is 3. The Hall–Kier alpha value is -2.39. The zero-order valence-electron chi connectivity index (χ0n) is 41.3. The van der Waals surface area contributed by atoms with E-state index in [1.54, 1.807) is 0 Å². The first-order valence-corrected chi connectivity index (χ1v) is 27.8. The number of allylic oxidation sites excluding steroid dienone is 8. The lowest BCUT2D eigenvalue weighted by Gasteiger charge is -2.40. The van der Waals surface area contributed by atoms with Gasteiger partial charge >= 0.3 is 11.9 Å². The van der Waals surface area contributed by atoms with E-state index in [0.29, 0.717) is 12.8 Å². The van der Waals surface area contributed by atoms with Crippen molar-refractivity contribution >= 4 is 22.1 Å². The molecule has 1 rings (SSSR count). The van der Waals surface area contributed by atoms with E-state index in [4.69, 9.17) is 18.9 Å². The summed E-state index contributed by atoms with van der Waals surface area (Å²) in [5, 5.41) is 31.0. The Kier molecular flexibility index (Phi) is 39.9. The third kappa shape index (κ3) is 36.6. The van der Waals surface area contributed by atoms with Crippen molar-refractivity contribution in [2.24, 2.45) is 0 Å². The highest BCUT2D eigenvalue weighted by molar-refractivity contribution is 7.85. The fraction of sp³-hybridized carbons (Fsp3) is 0.811. The number of aliphatic hydroxyl groups excluding tert-OH is 3. The van der Waals surface area contributed by atoms with Crippen LogP contribution in [0.15, 0.2) is 48.6 Å². The van der Waals surface area contributed by atoms with E-state index >= 15 is 0 Å². The molecule has 0 aromatic heterocycles. The summed E-state index contributed by atoms with van der Waals surface area (Å²) >= 11 is 0. The topological polar surface area (TPSA) is 186 Å². The Morgan fingerprint density at radius 1 is 0.515 bits per heavy atom. The largest absolute Gasteiger partial charge is 0.462 e. The van der Waals surface area contributed by atoms with Crippen molar-refractivity contribution in [3.05, 3.63) is 48.6 Å². The minimum Gasteiger partial charge on any atom is -0.462 e. The molecule has 4 N–H and O–H groups in total. The predicted octanol–water partition coefficient (Wildman–Crippen LogP) is 11.9. The van der Waals surface area contributed by atoms with E-state index < -0.39 is 71.2 Å². The lowest BCUT2D eigenvalue weighted by molar-refractivity contribution is -0.297. The van der Waals surface area contributed by atoms with Gasteiger partial charge in [-0.3, -0.25) is 14.1 Å². The Morgan fingerprint density at radius 2 is 0.909 bits per heavy atom. The maximum absolute atomic E-state index is 12.9. The molecule has 1 aliphatic heterocycles. The second kappa shape index (κ2) is 42.7. The quantitative estimate of drug-likeness (QED) is 0.0196. The van der Waals surface area contributed by atoms with Gasteiger partial charge in [-0.25, -0.2) is 0 Å². The SMILES string of the molecule is CCCCC/C=C/C/C=C/C/C=C/CCCCCCC(=O)OC[C@H](CO[C@H]1O[C@H](CS(=O)(=O)O)[C@@H](O)C(O)C1O)OC(=O)CCCCCCCCCCCCC/C=C/CCCCCCCC. The zero-order chi connectivity index (χ0) is 48.4. The van der Waals surface area contributed by atoms with Crippen LogP contribution in [0.2, 0.25) is 0 Å². The summed E-state index contributed by atoms with van der Waals surface area (Å²) in [6, 6.07) is 0. The van der Waals surface area contributed by atoms with E-state index in [0.717, 1.165) is 64.2 Å². The highest BCUT2D eigenvalue weighted by Gasteiger charge is 2.46. The molecule has 384 valence electrons. The van der Waals surface area contributed by atoms with Crippen molar-refractivity contribution in [2.75, 3.05) is 19.0 Å². The molecule has 1 fully saturated rings. The summed E-state index contributed by atoms with van der Waals surface area (Å²) in [7, 11) is -4.61. The highest BCUT2D eigenvalue weighted by atomic mass is 32.2. The van der Waals surface area contributed by atoms with Gasteiger partial charge in [-0.15, -0.1) is 0 Å². The van der Waals surface area contributed by atoms with Crippen molar-refractivity contribution in [1.82, 2.24) is 0 Å². The van der Waals surface area contributed by atoms with Crippen LogP contribution in [0.1, 0.15) is 219 Å². The molecule has 0 aromatic rings. The maximum Gasteiger partial charge on any atom is 0.306 e. The van der Waals surface area contributed by atoms with Crippen LogP contribution in [0.5, 0.6) is 0 Å². The molecular weight excluding hydrogens is 861 g/mol. The average Bonchev–Trinajstić information content (AvgIpc) is 3.28. The highest BCUT2D eigenvalue weighted by Crippen LogP contribution is 2.24. The van der Waals surface area contributed by atoms with Crippen LogP contribution in [0.25, 0.3) is 0 Å². The molecule has 0 radical (unpaired) electrons. The molecule has 2 unspecified atom stereocenters. The number of esters is 2. The Balaban J connectivity index is 2.38. The lowest BCUT2D eigenvalue weighted by atomic mass is 10.00. The molecule has 1 heterocycles. The van der Waals surface area contributed by atoms with Crippen molar-refractivity contribution in [3.8, 4) is 0 Å². The van der Waals surface area contributed by atoms with Gasteiger partial charge in [0.1, 0.15) is 36.8 Å². The van der Waals surface area contributed by atoms with Crippen molar-refractivity contribution in [3.63, 3.8) is 0 Å². The average molecular weight is 955 g/mol. The van der Waals surface area contributed by atoms with Crippen LogP contribution in [0.4, 0.5) is 0 Å². The smallest absolute Gasteiger partial charge is 0.306 e. The van der Waals surface area contributed by atoms with E-state index in [-0.39, 0.29) is 19.4 Å². The summed E-state index contributed by atoms with van der Waals surface area (Å²) in [5.41, 5.74) is 0. The Bertz CT molecular complexity index is 1400. The zero-order valence-corrected chi connectivity index (χ0v) is 42.1. The number of rotatable bonds is 44. The van der Waals surface area contributed by atoms with Gasteiger partial charge in [0.05, 0.1) is 6.61 Å². The maximum atomic E-state index is 12.9. The summed E-state index contributed by atoms with van der Waals surface area (Å²) in [6.45, 7) is 3.73. The molecule has 1 aliphatic rings. The molecule has 0 aliphatic carbocycles. The molecule has 0 spiro atoms. The third-order valence-electron chi connectivity index (χ3n) is 11.9. The first-order chi connectivity index (χ1) is 32.0. The van der Waals surface area contributed by atoms with Gasteiger partial charge in [0.25, 0.3) is 10.1 Å². The van der Waals surface area contributed by atoms with Crippen molar-refractivity contribution in [2.45, 2.75) is 256 Å². The van der Waals surface area contributed by atoms with Crippen LogP contribution in [0.3, 0.4) is 0 Å². The predicted molar refractivity (Wildman–Crippen MR) is 266 cm³/mol. The molecule has 0 aromatic carbocycles. The van der Waals surface area contributed by atoms with Gasteiger partial charge in [0.2, 0.25) is 0 Å². The van der Waals surface area contributed by atoms with Gasteiger partial charge in [-0.05, 0) is 77.0 Å². The summed E-state index contributed by atoms with van der Waals surface area (Å²) in [6.07, 6.45) is 42.9. The summed E-state index contributed by atoms with van der Waals surface area (Å²) < 4.78 is 54.2. The fourth-order valence-electron chi connectivity index (χ4n) is 7.80. The van der Waals surface area contributed by atoms with Crippen molar-refractivity contribution < 1.29 is 56.8 Å². The molecule has 0 bridgehead atoms. The number of hydrogen-bond donors (Lipinski definition) is 4. The first-order valence-electron chi connectivity index (χ1n) is 26.2. The molecule has 6 atom stereocenters. The van der Waals surface area contributed by atoms with Crippen molar-refractivity contribution in [1.29, 1.82) is 0 Å². The molecular formula is C53H94O12S. The van der Waals surface area contributed by atoms with E-state index in [9.17, 15) is 37.9 Å². The second-order valence-electron chi connectivity index (χ2n) is 18.2. The van der Waals surface area contributed by atoms with Gasteiger partial charge in [-0.2, -0.15) is 8.42 Å². The normalized spacial score (nSPS) is 19.8. The lowest BCUT2D eigenvalue weighted by Crippen LogP contribution is -2.60. The monoisotopic (exact) mass is 955 g/mol. The van der Waals surface area contributed by atoms with Gasteiger partial charge in [0, 0.05) is 12.8 Å². The summed E-state index contributed by atoms with van der Waals surface area (Å²) in [4.78, 5) is 25.5. The standard InChI is InChI=1S/C53H94O12S/c1-3-5-7-9-11-13-15-17-19-21-22-23-24-26-28-30-32-34-36-38-40-42-49(55)64-46(44-63-53-52(58)51(57)50(56)47(65-53)45-66(59,60)61)43-62-48(54)41-39-37-35-33-31-29-27-25-20-18-16-14-12-10-8-6-4-2/h12,14,17-20,27,29,46-47,50-53,56-58H,3-11,13,15-16,21-26,28,30-45H2,1-2H3,(H,59,60,61)/b14-12+,19-17+,20-18+,29-27+/t46-,47-,50-,51?,52?,53+/m1/s1. The second-order valence-corrected chi connectivity index (χ2v) is 19.7. The molecule has 0 saturated carbocycles. The molecule has 12 nitrogen and oxygen atoms in total. The van der Waals surface area contributed by atoms with Crippen LogP contribution in [-0.4, -0.2) is 96.0 Å². The number of carbonyl (C=O) groups excluding carboxylic acids is 2. The van der Waals surface area contributed by atoms with Gasteiger partial charge in [-0.1, -0.05) is 178 Å². The molecule has 66 heavy (non-hydrogen) atoms. The van der Waals surface area contributed by atoms with E-state index in [1.807, 2.05) is 0 Å². The minimum atomic E-state index is -4.61. The number of hydrogen-bond acceptors (Lipinski definition) is 11. The van der Waals surface area contributed by atoms with Gasteiger partial charge in [0.15, 0.2) is 12.4 Å². The number of ether oxygens (including phenoxy) is 4. The number of unbranched alkanes of at least 4 members (excludes halogenated alkanes) is 24. The number of carbonyl (C=O) groups is 2. The molecule has 0 amide bonds. The van der Waals surface area contributed by atoms with Gasteiger partial charge < -0.3 is 34.3 Å². The van der Waals surface area contributed by atoms with Crippen LogP contribution in [0, 0.1) is 0 Å². The first kappa shape index (κ1) is 61.6. The molecule has 1 saturated heterocycles. The Labute approximate surface area is 401 Å². The summed E-state index contributed by atoms with van der Waals surface area (Å²) in [5.74, 6) is -2.01.